The molecule has 1 aliphatic heterocycles. The number of hydrogen-bond acceptors (Lipinski definition) is 3. The van der Waals surface area contributed by atoms with Gasteiger partial charge < -0.3 is 4.74 Å². The summed E-state index contributed by atoms with van der Waals surface area (Å²) < 4.78 is 4.98. The third kappa shape index (κ3) is 2.04. The molecule has 0 aromatic heterocycles. The molecule has 1 unspecified atom stereocenters. The van der Waals surface area contributed by atoms with Gasteiger partial charge in [0.25, 0.3) is 0 Å². The number of halogens is 1. The monoisotopic (exact) mass is 228 g/mol. The predicted molar refractivity (Wildman–Crippen MR) is 57.6 cm³/mol. The van der Waals surface area contributed by atoms with E-state index >= 15 is 0 Å². The van der Waals surface area contributed by atoms with Crippen LogP contribution >= 0.6 is 23.4 Å². The summed E-state index contributed by atoms with van der Waals surface area (Å²) in [5, 5.41) is 0.921. The molecular weight excluding hydrogens is 220 g/mol. The number of cyclic esters (lactones) is 1. The standard InChI is InChI=1S/C10H9ClO2S/c11-8-4-2-1-3-7(8)9-5-13-10(12)6-14-9/h1-4,9H,5-6H2. The van der Waals surface area contributed by atoms with E-state index < -0.39 is 0 Å². The third-order valence-electron chi connectivity index (χ3n) is 2.05. The molecule has 1 heterocycles. The Balaban J connectivity index is 2.16. The van der Waals surface area contributed by atoms with Gasteiger partial charge in [-0.15, -0.1) is 11.8 Å². The normalized spacial score (nSPS) is 21.8. The summed E-state index contributed by atoms with van der Waals surface area (Å²) in [7, 11) is 0. The number of esters is 1. The van der Waals surface area contributed by atoms with E-state index in [1.807, 2.05) is 24.3 Å². The van der Waals surface area contributed by atoms with Gasteiger partial charge in [0, 0.05) is 5.02 Å². The van der Waals surface area contributed by atoms with Crippen molar-refractivity contribution in [2.24, 2.45) is 0 Å². The summed E-state index contributed by atoms with van der Waals surface area (Å²) in [6.45, 7) is 0.424. The van der Waals surface area contributed by atoms with Gasteiger partial charge in [-0.3, -0.25) is 4.79 Å². The van der Waals surface area contributed by atoms with Crippen molar-refractivity contribution >= 4 is 29.3 Å². The van der Waals surface area contributed by atoms with Gasteiger partial charge in [-0.05, 0) is 11.6 Å². The summed E-state index contributed by atoms with van der Waals surface area (Å²) in [6, 6.07) is 7.66. The molecule has 14 heavy (non-hydrogen) atoms. The average molecular weight is 229 g/mol. The Morgan fingerprint density at radius 2 is 2.21 bits per heavy atom. The van der Waals surface area contributed by atoms with Crippen LogP contribution in [-0.2, 0) is 9.53 Å². The number of rotatable bonds is 1. The Kier molecular flexibility index (Phi) is 2.99. The summed E-state index contributed by atoms with van der Waals surface area (Å²) in [4.78, 5) is 10.8. The Morgan fingerprint density at radius 1 is 1.43 bits per heavy atom. The zero-order valence-corrected chi connectivity index (χ0v) is 8.98. The van der Waals surface area contributed by atoms with E-state index in [1.54, 1.807) is 11.8 Å². The van der Waals surface area contributed by atoms with Crippen molar-refractivity contribution in [3.05, 3.63) is 34.9 Å². The molecule has 2 nitrogen and oxygen atoms in total. The molecule has 0 aliphatic carbocycles. The zero-order valence-electron chi connectivity index (χ0n) is 7.40. The van der Waals surface area contributed by atoms with Crippen molar-refractivity contribution in [3.8, 4) is 0 Å². The second-order valence-corrected chi connectivity index (χ2v) is 4.60. The molecule has 1 atom stereocenters. The molecule has 1 fully saturated rings. The summed E-state index contributed by atoms with van der Waals surface area (Å²) in [5.74, 6) is 0.272. The van der Waals surface area contributed by atoms with Gasteiger partial charge in [0.15, 0.2) is 0 Å². The number of thioether (sulfide) groups is 1. The van der Waals surface area contributed by atoms with Gasteiger partial charge in [0.05, 0.1) is 11.0 Å². The van der Waals surface area contributed by atoms with E-state index in [0.29, 0.717) is 12.4 Å². The second-order valence-electron chi connectivity index (χ2n) is 3.00. The molecule has 74 valence electrons. The molecule has 1 saturated heterocycles. The van der Waals surface area contributed by atoms with Crippen LogP contribution in [0.5, 0.6) is 0 Å². The number of ether oxygens (including phenoxy) is 1. The predicted octanol–water partition coefficient (Wildman–Crippen LogP) is 2.67. The summed E-state index contributed by atoms with van der Waals surface area (Å²) in [6.07, 6.45) is 0. The Bertz CT molecular complexity index is 344. The first-order valence-electron chi connectivity index (χ1n) is 4.29. The average Bonchev–Trinajstić information content (AvgIpc) is 2.20. The van der Waals surface area contributed by atoms with Crippen molar-refractivity contribution in [2.75, 3.05) is 12.4 Å². The van der Waals surface area contributed by atoms with Crippen LogP contribution in [0.4, 0.5) is 0 Å². The Labute approximate surface area is 91.6 Å². The minimum absolute atomic E-state index is 0.140. The SMILES string of the molecule is O=C1CSC(c2ccccc2Cl)CO1. The van der Waals surface area contributed by atoms with Crippen molar-refractivity contribution in [2.45, 2.75) is 5.25 Å². The van der Waals surface area contributed by atoms with Gasteiger partial charge in [0.2, 0.25) is 0 Å². The van der Waals surface area contributed by atoms with Gasteiger partial charge in [0.1, 0.15) is 6.61 Å². The van der Waals surface area contributed by atoms with Gasteiger partial charge in [-0.2, -0.15) is 0 Å². The Morgan fingerprint density at radius 3 is 2.86 bits per heavy atom. The molecule has 0 N–H and O–H groups in total. The van der Waals surface area contributed by atoms with Crippen LogP contribution in [0, 0.1) is 0 Å². The van der Waals surface area contributed by atoms with Gasteiger partial charge in [-0.1, -0.05) is 29.8 Å². The number of benzene rings is 1. The van der Waals surface area contributed by atoms with Crippen LogP contribution < -0.4 is 0 Å². The van der Waals surface area contributed by atoms with E-state index in [1.165, 1.54) is 0 Å². The van der Waals surface area contributed by atoms with Gasteiger partial charge in [-0.25, -0.2) is 0 Å². The number of carbonyl (C=O) groups is 1. The molecule has 2 rings (SSSR count). The molecule has 1 aliphatic rings. The second kappa shape index (κ2) is 4.24. The third-order valence-corrected chi connectivity index (χ3v) is 3.59. The van der Waals surface area contributed by atoms with Crippen LogP contribution in [0.1, 0.15) is 10.8 Å². The fraction of sp³-hybridized carbons (Fsp3) is 0.300. The highest BCUT2D eigenvalue weighted by Gasteiger charge is 2.23. The number of carbonyl (C=O) groups excluding carboxylic acids is 1. The molecule has 0 saturated carbocycles. The number of hydrogen-bond donors (Lipinski definition) is 0. The molecular formula is C10H9ClO2S. The molecule has 1 aromatic carbocycles. The van der Waals surface area contributed by atoms with E-state index in [0.717, 1.165) is 10.6 Å². The highest BCUT2D eigenvalue weighted by atomic mass is 35.5. The molecule has 0 bridgehead atoms. The smallest absolute Gasteiger partial charge is 0.315 e. The molecule has 0 radical (unpaired) electrons. The lowest BCUT2D eigenvalue weighted by atomic mass is 10.1. The molecule has 0 amide bonds. The van der Waals surface area contributed by atoms with Crippen molar-refractivity contribution in [3.63, 3.8) is 0 Å². The van der Waals surface area contributed by atoms with Crippen LogP contribution in [0.25, 0.3) is 0 Å². The topological polar surface area (TPSA) is 26.3 Å². The maximum absolute atomic E-state index is 10.8. The zero-order chi connectivity index (χ0) is 9.97. The van der Waals surface area contributed by atoms with E-state index in [9.17, 15) is 4.79 Å². The van der Waals surface area contributed by atoms with Crippen molar-refractivity contribution in [1.29, 1.82) is 0 Å². The lowest BCUT2D eigenvalue weighted by Gasteiger charge is -2.22. The molecule has 0 spiro atoms. The first-order valence-corrected chi connectivity index (χ1v) is 5.71. The summed E-state index contributed by atoms with van der Waals surface area (Å²) in [5.41, 5.74) is 1.05. The van der Waals surface area contributed by atoms with Crippen LogP contribution in [0.15, 0.2) is 24.3 Å². The molecule has 1 aromatic rings. The first-order chi connectivity index (χ1) is 6.77. The fourth-order valence-corrected chi connectivity index (χ4v) is 2.64. The highest BCUT2D eigenvalue weighted by Crippen LogP contribution is 2.35. The largest absolute Gasteiger partial charge is 0.464 e. The highest BCUT2D eigenvalue weighted by molar-refractivity contribution is 8.00. The summed E-state index contributed by atoms with van der Waals surface area (Å²) >= 11 is 7.62. The fourth-order valence-electron chi connectivity index (χ4n) is 1.34. The van der Waals surface area contributed by atoms with E-state index in [4.69, 9.17) is 16.3 Å². The van der Waals surface area contributed by atoms with Gasteiger partial charge >= 0.3 is 5.97 Å². The van der Waals surface area contributed by atoms with Crippen molar-refractivity contribution < 1.29 is 9.53 Å². The minimum atomic E-state index is -0.140. The quantitative estimate of drug-likeness (QED) is 0.692. The van der Waals surface area contributed by atoms with Crippen LogP contribution in [0.2, 0.25) is 5.02 Å². The van der Waals surface area contributed by atoms with Crippen LogP contribution in [-0.4, -0.2) is 18.3 Å². The lowest BCUT2D eigenvalue weighted by molar-refractivity contribution is -0.141. The van der Waals surface area contributed by atoms with Crippen LogP contribution in [0.3, 0.4) is 0 Å². The first kappa shape index (κ1) is 9.87. The van der Waals surface area contributed by atoms with Crippen molar-refractivity contribution in [1.82, 2.24) is 0 Å². The minimum Gasteiger partial charge on any atom is -0.464 e. The lowest BCUT2D eigenvalue weighted by Crippen LogP contribution is -2.19. The van der Waals surface area contributed by atoms with E-state index in [2.05, 4.69) is 0 Å². The molecule has 4 heteroatoms. The maximum atomic E-state index is 10.8. The Hall–Kier alpha value is -0.670. The maximum Gasteiger partial charge on any atom is 0.315 e. The van der Waals surface area contributed by atoms with E-state index in [-0.39, 0.29) is 11.2 Å².